The predicted octanol–water partition coefficient (Wildman–Crippen LogP) is 0.877. The Morgan fingerprint density at radius 2 is 1.94 bits per heavy atom. The molecule has 1 aliphatic rings. The van der Waals surface area contributed by atoms with Crippen molar-refractivity contribution in [3.63, 3.8) is 0 Å². The summed E-state index contributed by atoms with van der Waals surface area (Å²) < 4.78 is 53.3. The number of nitrogens with one attached hydrogen (secondary N) is 1. The van der Waals surface area contributed by atoms with Crippen molar-refractivity contribution in [2.24, 2.45) is 5.11 Å². The normalized spacial score (nSPS) is 26.9. The zero-order valence-corrected chi connectivity index (χ0v) is 18.6. The van der Waals surface area contributed by atoms with Crippen LogP contribution in [0.1, 0.15) is 18.2 Å². The maximum Gasteiger partial charge on any atom is 0.488 e. The van der Waals surface area contributed by atoms with E-state index in [1.54, 1.807) is 0 Å². The standard InChI is InChI=1S/C11H18N5O12P3/c1-6-4-16(11(18)13-10(6)17)9-3-7(14-15-12)8(26-9)5-25-30(21,22)28-31(23,24)27-29(2,19)20/h4,7-9H,3,5H2,1-2H3,(H,19,20)(H,21,22)(H,23,24)(H,13,17,18)/t7?,8-,9-/m1/s1. The summed E-state index contributed by atoms with van der Waals surface area (Å²) in [5.41, 5.74) is 7.47. The zero-order chi connectivity index (χ0) is 23.6. The van der Waals surface area contributed by atoms with Crippen LogP contribution in [0.3, 0.4) is 0 Å². The Morgan fingerprint density at radius 1 is 1.29 bits per heavy atom. The van der Waals surface area contributed by atoms with E-state index >= 15 is 0 Å². The molecule has 0 amide bonds. The van der Waals surface area contributed by atoms with E-state index in [-0.39, 0.29) is 12.0 Å². The van der Waals surface area contributed by atoms with E-state index in [9.17, 15) is 33.1 Å². The van der Waals surface area contributed by atoms with Gasteiger partial charge in [-0.25, -0.2) is 18.2 Å². The molecule has 0 radical (unpaired) electrons. The minimum absolute atomic E-state index is 0.0782. The maximum atomic E-state index is 12.0. The molecule has 2 heterocycles. The largest absolute Gasteiger partial charge is 0.488 e. The number of phosphoric acid groups is 2. The average molecular weight is 505 g/mol. The molecule has 31 heavy (non-hydrogen) atoms. The highest BCUT2D eigenvalue weighted by molar-refractivity contribution is 7.68. The molecule has 17 nitrogen and oxygen atoms in total. The molecule has 6 atom stereocenters. The lowest BCUT2D eigenvalue weighted by molar-refractivity contribution is -0.0267. The topological polar surface area (TPSA) is 252 Å². The van der Waals surface area contributed by atoms with Gasteiger partial charge in [0.25, 0.3) is 5.56 Å². The zero-order valence-electron chi connectivity index (χ0n) is 15.9. The Kier molecular flexibility index (Phi) is 7.85. The van der Waals surface area contributed by atoms with Crippen LogP contribution in [0.25, 0.3) is 10.4 Å². The fraction of sp³-hybridized carbons (Fsp3) is 0.636. The van der Waals surface area contributed by atoms with Crippen LogP contribution in [0.5, 0.6) is 0 Å². The molecule has 1 aromatic heterocycles. The number of azide groups is 1. The van der Waals surface area contributed by atoms with E-state index in [1.165, 1.54) is 13.1 Å². The first-order valence-electron chi connectivity index (χ1n) is 8.17. The minimum atomic E-state index is -5.45. The number of aromatic nitrogens is 2. The predicted molar refractivity (Wildman–Crippen MR) is 101 cm³/mol. The number of aryl methyl sites for hydroxylation is 1. The number of aromatic amines is 1. The second-order valence-electron chi connectivity index (χ2n) is 6.31. The van der Waals surface area contributed by atoms with Crippen molar-refractivity contribution in [3.05, 3.63) is 43.0 Å². The van der Waals surface area contributed by atoms with Gasteiger partial charge in [0.2, 0.25) is 0 Å². The van der Waals surface area contributed by atoms with E-state index in [4.69, 9.17) is 15.2 Å². The second kappa shape index (κ2) is 9.49. The van der Waals surface area contributed by atoms with Crippen molar-refractivity contribution in [1.82, 2.24) is 9.55 Å². The average Bonchev–Trinajstić information content (AvgIpc) is 2.96. The number of rotatable bonds is 9. The Labute approximate surface area is 172 Å². The van der Waals surface area contributed by atoms with Gasteiger partial charge in [-0.3, -0.25) is 23.4 Å². The lowest BCUT2D eigenvalue weighted by Gasteiger charge is -2.20. The van der Waals surface area contributed by atoms with Crippen LogP contribution in [0, 0.1) is 6.92 Å². The molecule has 20 heteroatoms. The van der Waals surface area contributed by atoms with Crippen molar-refractivity contribution in [1.29, 1.82) is 0 Å². The van der Waals surface area contributed by atoms with E-state index in [1.807, 2.05) is 0 Å². The lowest BCUT2D eigenvalue weighted by Crippen LogP contribution is -2.33. The molecular formula is C11H18N5O12P3. The Bertz CT molecular complexity index is 1140. The molecule has 1 saturated heterocycles. The second-order valence-corrected chi connectivity index (χ2v) is 11.4. The number of nitrogens with zero attached hydrogens (tertiary/aromatic N) is 4. The highest BCUT2D eigenvalue weighted by Gasteiger charge is 2.42. The van der Waals surface area contributed by atoms with Gasteiger partial charge in [-0.2, -0.15) is 4.31 Å². The molecule has 0 bridgehead atoms. The van der Waals surface area contributed by atoms with Crippen molar-refractivity contribution >= 4 is 23.2 Å². The summed E-state index contributed by atoms with van der Waals surface area (Å²) in [4.78, 5) is 56.0. The van der Waals surface area contributed by atoms with Gasteiger partial charge in [-0.15, -0.1) is 0 Å². The van der Waals surface area contributed by atoms with Gasteiger partial charge in [0.1, 0.15) is 6.23 Å². The summed E-state index contributed by atoms with van der Waals surface area (Å²) in [6.45, 7) is 1.17. The van der Waals surface area contributed by atoms with Crippen LogP contribution in [0.15, 0.2) is 20.9 Å². The first kappa shape index (κ1) is 25.7. The quantitative estimate of drug-likeness (QED) is 0.158. The number of H-pyrrole nitrogens is 1. The third-order valence-electron chi connectivity index (χ3n) is 3.72. The first-order valence-corrected chi connectivity index (χ1v) is 13.2. The molecule has 1 fully saturated rings. The molecule has 0 aliphatic carbocycles. The molecule has 4 N–H and O–H groups in total. The Morgan fingerprint density at radius 3 is 2.52 bits per heavy atom. The first-order chi connectivity index (χ1) is 14.1. The molecule has 0 saturated carbocycles. The Hall–Kier alpha value is -1.60. The van der Waals surface area contributed by atoms with Gasteiger partial charge in [0.05, 0.1) is 18.8 Å². The number of hydrogen-bond acceptors (Lipinski definition) is 10. The summed E-state index contributed by atoms with van der Waals surface area (Å²) in [7, 11) is -15.3. The third-order valence-corrected chi connectivity index (χ3v) is 7.89. The van der Waals surface area contributed by atoms with Crippen molar-refractivity contribution in [3.8, 4) is 0 Å². The van der Waals surface area contributed by atoms with Crippen molar-refractivity contribution < 1.29 is 46.3 Å². The monoisotopic (exact) mass is 505 g/mol. The smallest absolute Gasteiger partial charge is 0.352 e. The summed E-state index contributed by atoms with van der Waals surface area (Å²) >= 11 is 0. The SMILES string of the molecule is Cc1cn([C@H]2CC(N=[N+]=[N-])[C@@H](COP(=O)(O)OP(=O)(O)OP(C)(=O)O)O2)c(=O)[nH]c1=O. The van der Waals surface area contributed by atoms with E-state index in [0.717, 1.165) is 4.57 Å². The number of phosphoric ester groups is 1. The molecule has 0 aromatic carbocycles. The van der Waals surface area contributed by atoms with Gasteiger partial charge in [-0.1, -0.05) is 5.11 Å². The minimum Gasteiger partial charge on any atom is -0.352 e. The fourth-order valence-corrected chi connectivity index (χ4v) is 6.04. The van der Waals surface area contributed by atoms with Crippen LogP contribution in [0.4, 0.5) is 0 Å². The van der Waals surface area contributed by atoms with E-state index in [0.29, 0.717) is 6.66 Å². The summed E-state index contributed by atoms with van der Waals surface area (Å²) in [5, 5.41) is 3.45. The third kappa shape index (κ3) is 7.49. The highest BCUT2D eigenvalue weighted by Crippen LogP contribution is 2.66. The Balaban J connectivity index is 2.14. The summed E-state index contributed by atoms with van der Waals surface area (Å²) in [6.07, 6.45) is -1.12. The highest BCUT2D eigenvalue weighted by atomic mass is 31.3. The molecular weight excluding hydrogens is 487 g/mol. The van der Waals surface area contributed by atoms with E-state index < -0.39 is 59.5 Å². The van der Waals surface area contributed by atoms with E-state index in [2.05, 4.69) is 28.2 Å². The number of hydrogen-bond donors (Lipinski definition) is 4. The van der Waals surface area contributed by atoms with Crippen LogP contribution < -0.4 is 11.2 Å². The van der Waals surface area contributed by atoms with Crippen LogP contribution in [-0.2, 0) is 31.6 Å². The summed E-state index contributed by atoms with van der Waals surface area (Å²) in [5.74, 6) is 0. The van der Waals surface area contributed by atoms with Crippen LogP contribution >= 0.6 is 23.2 Å². The van der Waals surface area contributed by atoms with Gasteiger partial charge in [-0.05, 0) is 12.5 Å². The molecule has 1 aliphatic heterocycles. The van der Waals surface area contributed by atoms with Crippen molar-refractivity contribution in [2.45, 2.75) is 31.7 Å². The molecule has 0 spiro atoms. The van der Waals surface area contributed by atoms with Crippen LogP contribution in [-0.4, -0.2) is 49.6 Å². The molecule has 2 rings (SSSR count). The summed E-state index contributed by atoms with van der Waals surface area (Å²) in [6, 6.07) is -1.00. The van der Waals surface area contributed by atoms with Gasteiger partial charge in [0, 0.05) is 29.8 Å². The molecule has 174 valence electrons. The van der Waals surface area contributed by atoms with Gasteiger partial charge in [0.15, 0.2) is 0 Å². The lowest BCUT2D eigenvalue weighted by atomic mass is 10.1. The molecule has 1 aromatic rings. The number of ether oxygens (including phenoxy) is 1. The van der Waals surface area contributed by atoms with Crippen LogP contribution in [0.2, 0.25) is 0 Å². The van der Waals surface area contributed by atoms with Crippen molar-refractivity contribution in [2.75, 3.05) is 13.3 Å². The molecule has 4 unspecified atom stereocenters. The van der Waals surface area contributed by atoms with Gasteiger partial charge >= 0.3 is 28.9 Å². The maximum absolute atomic E-state index is 12.0. The van der Waals surface area contributed by atoms with Gasteiger partial charge < -0.3 is 19.4 Å². The fourth-order valence-electron chi connectivity index (χ4n) is 2.55.